The Morgan fingerprint density at radius 3 is 2.54 bits per heavy atom. The van der Waals surface area contributed by atoms with Gasteiger partial charge < -0.3 is 15.2 Å². The number of carbonyl (C=O) groups is 2. The molecule has 0 unspecified atom stereocenters. The molecule has 28 heavy (non-hydrogen) atoms. The number of hydrogen-bond donors (Lipinski definition) is 2. The number of nitrogens with one attached hydrogen (secondary N) is 2. The second-order valence-corrected chi connectivity index (χ2v) is 6.79. The van der Waals surface area contributed by atoms with Gasteiger partial charge in [-0.2, -0.15) is 5.26 Å². The van der Waals surface area contributed by atoms with Gasteiger partial charge in [-0.05, 0) is 40.2 Å². The van der Waals surface area contributed by atoms with Gasteiger partial charge in [-0.3, -0.25) is 14.4 Å². The summed E-state index contributed by atoms with van der Waals surface area (Å²) in [7, 11) is 0. The molecule has 8 heteroatoms. The SMILES string of the molecule is N#Cc1cn(CC(=O)NCC(=O)Nc2ccccc2Br)c2ccccc2c1=O. The number of halogens is 1. The van der Waals surface area contributed by atoms with Crippen molar-refractivity contribution in [3.05, 3.63) is 75.0 Å². The maximum atomic E-state index is 12.3. The normalized spacial score (nSPS) is 10.3. The van der Waals surface area contributed by atoms with Crippen molar-refractivity contribution in [1.29, 1.82) is 5.26 Å². The lowest BCUT2D eigenvalue weighted by atomic mass is 10.1. The quantitative estimate of drug-likeness (QED) is 0.637. The van der Waals surface area contributed by atoms with Gasteiger partial charge in [-0.25, -0.2) is 0 Å². The minimum Gasteiger partial charge on any atom is -0.345 e. The molecule has 3 rings (SSSR count). The standard InChI is InChI=1S/C20H15BrN4O3/c21-15-6-2-3-7-16(15)24-18(26)10-23-19(27)12-25-11-13(9-22)20(28)14-5-1-4-8-17(14)25/h1-8,11H,10,12H2,(H,23,27)(H,24,26). The van der Waals surface area contributed by atoms with E-state index in [9.17, 15) is 14.4 Å². The van der Waals surface area contributed by atoms with E-state index in [4.69, 9.17) is 5.26 Å². The molecule has 0 bridgehead atoms. The van der Waals surface area contributed by atoms with Crippen LogP contribution < -0.4 is 16.1 Å². The summed E-state index contributed by atoms with van der Waals surface area (Å²) < 4.78 is 2.26. The van der Waals surface area contributed by atoms with Gasteiger partial charge in [-0.1, -0.05) is 24.3 Å². The molecule has 1 aromatic heterocycles. The van der Waals surface area contributed by atoms with E-state index in [1.807, 2.05) is 12.1 Å². The molecule has 0 aliphatic rings. The maximum absolute atomic E-state index is 12.3. The molecule has 2 aromatic carbocycles. The fourth-order valence-corrected chi connectivity index (χ4v) is 3.09. The van der Waals surface area contributed by atoms with Crippen molar-refractivity contribution in [1.82, 2.24) is 9.88 Å². The molecule has 0 aliphatic heterocycles. The number of pyridine rings is 1. The Morgan fingerprint density at radius 1 is 1.07 bits per heavy atom. The minimum atomic E-state index is -0.417. The largest absolute Gasteiger partial charge is 0.345 e. The summed E-state index contributed by atoms with van der Waals surface area (Å²) in [5.41, 5.74) is 0.729. The molecule has 7 nitrogen and oxygen atoms in total. The number of carbonyl (C=O) groups excluding carboxylic acids is 2. The Kier molecular flexibility index (Phi) is 5.87. The Morgan fingerprint density at radius 2 is 1.79 bits per heavy atom. The van der Waals surface area contributed by atoms with Crippen molar-refractivity contribution in [3.63, 3.8) is 0 Å². The monoisotopic (exact) mass is 438 g/mol. The number of nitrogens with zero attached hydrogens (tertiary/aromatic N) is 2. The lowest BCUT2D eigenvalue weighted by Gasteiger charge is -2.12. The molecule has 2 amide bonds. The highest BCUT2D eigenvalue weighted by Gasteiger charge is 2.12. The van der Waals surface area contributed by atoms with Gasteiger partial charge >= 0.3 is 0 Å². The van der Waals surface area contributed by atoms with Gasteiger partial charge in [0.2, 0.25) is 17.2 Å². The molecule has 0 saturated carbocycles. The van der Waals surface area contributed by atoms with Crippen LogP contribution in [0, 0.1) is 11.3 Å². The lowest BCUT2D eigenvalue weighted by molar-refractivity contribution is -0.124. The van der Waals surface area contributed by atoms with E-state index >= 15 is 0 Å². The van der Waals surface area contributed by atoms with Crippen LogP contribution in [0.2, 0.25) is 0 Å². The van der Waals surface area contributed by atoms with Gasteiger partial charge in [0.15, 0.2) is 0 Å². The fourth-order valence-electron chi connectivity index (χ4n) is 2.70. The third-order valence-electron chi connectivity index (χ3n) is 4.02. The van der Waals surface area contributed by atoms with Gasteiger partial charge in [0.25, 0.3) is 0 Å². The van der Waals surface area contributed by atoms with Crippen molar-refractivity contribution in [2.45, 2.75) is 6.54 Å². The molecule has 140 valence electrons. The number of anilines is 1. The Balaban J connectivity index is 1.69. The topological polar surface area (TPSA) is 104 Å². The first kappa shape index (κ1) is 19.3. The minimum absolute atomic E-state index is 0.0434. The fraction of sp³-hybridized carbons (Fsp3) is 0.100. The van der Waals surface area contributed by atoms with Crippen molar-refractivity contribution >= 4 is 44.3 Å². The molecule has 3 aromatic rings. The maximum Gasteiger partial charge on any atom is 0.243 e. The van der Waals surface area contributed by atoms with Crippen LogP contribution in [0.4, 0.5) is 5.69 Å². The predicted molar refractivity (Wildman–Crippen MR) is 109 cm³/mol. The number of nitriles is 1. The van der Waals surface area contributed by atoms with Crippen molar-refractivity contribution in [3.8, 4) is 6.07 Å². The van der Waals surface area contributed by atoms with Crippen LogP contribution in [0.3, 0.4) is 0 Å². The summed E-state index contributed by atoms with van der Waals surface area (Å²) in [5.74, 6) is -0.789. The first-order valence-corrected chi connectivity index (χ1v) is 9.12. The summed E-state index contributed by atoms with van der Waals surface area (Å²) >= 11 is 3.33. The third-order valence-corrected chi connectivity index (χ3v) is 4.71. The summed E-state index contributed by atoms with van der Waals surface area (Å²) in [5, 5.41) is 14.7. The van der Waals surface area contributed by atoms with Crippen molar-refractivity contribution < 1.29 is 9.59 Å². The van der Waals surface area contributed by atoms with E-state index in [1.54, 1.807) is 42.5 Å². The Labute approximate surface area is 168 Å². The smallest absolute Gasteiger partial charge is 0.243 e. The predicted octanol–water partition coefficient (Wildman–Crippen LogP) is 2.39. The number of para-hydroxylation sites is 2. The van der Waals surface area contributed by atoms with Crippen LogP contribution in [0.15, 0.2) is 64.0 Å². The third kappa shape index (κ3) is 4.27. The van der Waals surface area contributed by atoms with E-state index in [2.05, 4.69) is 26.6 Å². The van der Waals surface area contributed by atoms with Crippen LogP contribution >= 0.6 is 15.9 Å². The first-order valence-electron chi connectivity index (χ1n) is 8.33. The Bertz CT molecular complexity index is 1160. The van der Waals surface area contributed by atoms with Gasteiger partial charge in [0.1, 0.15) is 18.2 Å². The van der Waals surface area contributed by atoms with E-state index < -0.39 is 5.91 Å². The average Bonchev–Trinajstić information content (AvgIpc) is 2.70. The molecular weight excluding hydrogens is 424 g/mol. The second kappa shape index (κ2) is 8.50. The molecule has 2 N–H and O–H groups in total. The van der Waals surface area contributed by atoms with Gasteiger partial charge in [0.05, 0.1) is 17.7 Å². The van der Waals surface area contributed by atoms with Crippen LogP contribution in [-0.4, -0.2) is 22.9 Å². The molecule has 0 atom stereocenters. The van der Waals surface area contributed by atoms with Crippen LogP contribution in [0.1, 0.15) is 5.56 Å². The van der Waals surface area contributed by atoms with E-state index in [0.717, 1.165) is 4.47 Å². The van der Waals surface area contributed by atoms with E-state index in [-0.39, 0.29) is 30.0 Å². The van der Waals surface area contributed by atoms with Crippen molar-refractivity contribution in [2.75, 3.05) is 11.9 Å². The molecule has 0 fully saturated rings. The van der Waals surface area contributed by atoms with Crippen LogP contribution in [-0.2, 0) is 16.1 Å². The first-order chi connectivity index (χ1) is 13.5. The van der Waals surface area contributed by atoms with Gasteiger partial charge in [-0.15, -0.1) is 0 Å². The number of fused-ring (bicyclic) bond motifs is 1. The summed E-state index contributed by atoms with van der Waals surface area (Å²) in [6.07, 6.45) is 1.35. The number of benzene rings is 2. The number of aromatic nitrogens is 1. The molecule has 0 aliphatic carbocycles. The molecular formula is C20H15BrN4O3. The van der Waals surface area contributed by atoms with E-state index in [1.165, 1.54) is 10.8 Å². The highest BCUT2D eigenvalue weighted by molar-refractivity contribution is 9.10. The lowest BCUT2D eigenvalue weighted by Crippen LogP contribution is -2.35. The number of hydrogen-bond acceptors (Lipinski definition) is 4. The zero-order chi connectivity index (χ0) is 20.1. The summed E-state index contributed by atoms with van der Waals surface area (Å²) in [6, 6.07) is 15.7. The average molecular weight is 439 g/mol. The summed E-state index contributed by atoms with van der Waals surface area (Å²) in [6.45, 7) is -0.332. The van der Waals surface area contributed by atoms with Gasteiger partial charge in [0, 0.05) is 16.1 Å². The zero-order valence-corrected chi connectivity index (χ0v) is 16.2. The second-order valence-electron chi connectivity index (χ2n) is 5.93. The number of rotatable bonds is 5. The Hall–Kier alpha value is -3.44. The highest BCUT2D eigenvalue weighted by atomic mass is 79.9. The highest BCUT2D eigenvalue weighted by Crippen LogP contribution is 2.20. The molecule has 0 radical (unpaired) electrons. The van der Waals surface area contributed by atoms with Crippen LogP contribution in [0.5, 0.6) is 0 Å². The number of amides is 2. The van der Waals surface area contributed by atoms with Crippen molar-refractivity contribution in [2.24, 2.45) is 0 Å². The molecule has 1 heterocycles. The molecule has 0 spiro atoms. The summed E-state index contributed by atoms with van der Waals surface area (Å²) in [4.78, 5) is 36.5. The zero-order valence-electron chi connectivity index (χ0n) is 14.6. The van der Waals surface area contributed by atoms with Crippen LogP contribution in [0.25, 0.3) is 10.9 Å². The van der Waals surface area contributed by atoms with E-state index in [0.29, 0.717) is 16.6 Å². The molecule has 0 saturated heterocycles.